The Morgan fingerprint density at radius 3 is 2.95 bits per heavy atom. The molecule has 116 valence electrons. The van der Waals surface area contributed by atoms with E-state index in [0.717, 1.165) is 25.2 Å². The van der Waals surface area contributed by atoms with Gasteiger partial charge in [-0.25, -0.2) is 0 Å². The number of aliphatic hydroxyl groups is 1. The van der Waals surface area contributed by atoms with Crippen LogP contribution in [-0.2, 0) is 4.74 Å². The number of ether oxygens (including phenoxy) is 2. The van der Waals surface area contributed by atoms with Gasteiger partial charge in [0.2, 0.25) is 0 Å². The summed E-state index contributed by atoms with van der Waals surface area (Å²) in [6.45, 7) is 4.95. The van der Waals surface area contributed by atoms with Gasteiger partial charge in [0.1, 0.15) is 17.3 Å². The molecule has 1 saturated heterocycles. The Labute approximate surface area is 130 Å². The third-order valence-electron chi connectivity index (χ3n) is 3.42. The molecule has 0 aliphatic carbocycles. The van der Waals surface area contributed by atoms with Crippen LogP contribution in [0.4, 0.5) is 0 Å². The molecule has 2 unspecified atom stereocenters. The van der Waals surface area contributed by atoms with Crippen molar-refractivity contribution in [1.29, 1.82) is 0 Å². The van der Waals surface area contributed by atoms with Crippen LogP contribution in [0.1, 0.15) is 12.5 Å². The van der Waals surface area contributed by atoms with E-state index in [1.165, 1.54) is 0 Å². The molecule has 1 aliphatic rings. The molecule has 1 aliphatic heterocycles. The number of thiocarbonyl (C=S) groups is 1. The minimum absolute atomic E-state index is 0.0476. The van der Waals surface area contributed by atoms with E-state index in [2.05, 4.69) is 4.90 Å². The minimum Gasteiger partial charge on any atom is -0.492 e. The number of hydrogen-bond donors (Lipinski definition) is 2. The van der Waals surface area contributed by atoms with Crippen LogP contribution in [-0.4, -0.2) is 60.1 Å². The normalized spacial score (nSPS) is 23.0. The van der Waals surface area contributed by atoms with E-state index in [-0.39, 0.29) is 18.8 Å². The molecule has 0 bridgehead atoms. The zero-order chi connectivity index (χ0) is 15.2. The maximum atomic E-state index is 9.22. The van der Waals surface area contributed by atoms with Gasteiger partial charge in [0.05, 0.1) is 24.4 Å². The van der Waals surface area contributed by atoms with Crippen LogP contribution in [0.15, 0.2) is 24.3 Å². The smallest absolute Gasteiger partial charge is 0.129 e. The first-order valence-electron chi connectivity index (χ1n) is 7.10. The highest BCUT2D eigenvalue weighted by Crippen LogP contribution is 2.18. The Morgan fingerprint density at radius 1 is 1.48 bits per heavy atom. The largest absolute Gasteiger partial charge is 0.492 e. The van der Waals surface area contributed by atoms with E-state index in [0.29, 0.717) is 17.3 Å². The van der Waals surface area contributed by atoms with Crippen molar-refractivity contribution in [2.45, 2.75) is 19.1 Å². The van der Waals surface area contributed by atoms with Crippen LogP contribution in [0, 0.1) is 0 Å². The third kappa shape index (κ3) is 4.64. The molecule has 5 nitrogen and oxygen atoms in total. The fourth-order valence-electron chi connectivity index (χ4n) is 2.50. The molecular formula is C15H22N2O3S. The first-order valence-corrected chi connectivity index (χ1v) is 7.51. The average molecular weight is 310 g/mol. The topological polar surface area (TPSA) is 68.0 Å². The second kappa shape index (κ2) is 7.70. The Bertz CT molecular complexity index is 484. The molecule has 0 spiro atoms. The number of morpholine rings is 1. The van der Waals surface area contributed by atoms with Gasteiger partial charge in [0, 0.05) is 19.6 Å². The highest BCUT2D eigenvalue weighted by atomic mass is 32.1. The van der Waals surface area contributed by atoms with Gasteiger partial charge in [0.15, 0.2) is 0 Å². The number of aliphatic hydroxyl groups excluding tert-OH is 1. The lowest BCUT2D eigenvalue weighted by Gasteiger charge is -2.35. The van der Waals surface area contributed by atoms with Gasteiger partial charge in [-0.3, -0.25) is 4.90 Å². The van der Waals surface area contributed by atoms with Crippen molar-refractivity contribution in [1.82, 2.24) is 4.90 Å². The third-order valence-corrected chi connectivity index (χ3v) is 3.64. The number of nitrogens with two attached hydrogens (primary N) is 1. The van der Waals surface area contributed by atoms with Crippen molar-refractivity contribution < 1.29 is 14.6 Å². The van der Waals surface area contributed by atoms with Crippen LogP contribution >= 0.6 is 12.2 Å². The molecule has 21 heavy (non-hydrogen) atoms. The molecule has 1 aromatic rings. The van der Waals surface area contributed by atoms with Gasteiger partial charge in [0.25, 0.3) is 0 Å². The molecule has 1 aromatic carbocycles. The van der Waals surface area contributed by atoms with E-state index in [1.54, 1.807) is 0 Å². The second-order valence-electron chi connectivity index (χ2n) is 5.22. The molecule has 2 rings (SSSR count). The summed E-state index contributed by atoms with van der Waals surface area (Å²) in [5, 5.41) is 9.22. The van der Waals surface area contributed by atoms with Gasteiger partial charge < -0.3 is 20.3 Å². The van der Waals surface area contributed by atoms with Gasteiger partial charge in [-0.1, -0.05) is 24.4 Å². The molecule has 0 radical (unpaired) electrons. The maximum Gasteiger partial charge on any atom is 0.129 e. The summed E-state index contributed by atoms with van der Waals surface area (Å²) in [6, 6.07) is 7.51. The summed E-state index contributed by atoms with van der Waals surface area (Å²) in [6.07, 6.45) is 0.0115. The van der Waals surface area contributed by atoms with Crippen LogP contribution < -0.4 is 10.5 Å². The van der Waals surface area contributed by atoms with Crippen molar-refractivity contribution in [3.05, 3.63) is 29.8 Å². The minimum atomic E-state index is -0.113. The number of rotatable bonds is 6. The number of benzene rings is 1. The van der Waals surface area contributed by atoms with Crippen molar-refractivity contribution in [2.24, 2.45) is 5.73 Å². The number of para-hydroxylation sites is 1. The van der Waals surface area contributed by atoms with Gasteiger partial charge >= 0.3 is 0 Å². The molecule has 0 saturated carbocycles. The first-order chi connectivity index (χ1) is 10.1. The average Bonchev–Trinajstić information content (AvgIpc) is 2.47. The molecule has 0 amide bonds. The SMILES string of the molecule is CC1CN(CCOc2ccccc2C(N)=S)CC(CO)O1. The van der Waals surface area contributed by atoms with Gasteiger partial charge in [-0.2, -0.15) is 0 Å². The zero-order valence-electron chi connectivity index (χ0n) is 12.2. The Kier molecular flexibility index (Phi) is 5.93. The second-order valence-corrected chi connectivity index (χ2v) is 5.66. The summed E-state index contributed by atoms with van der Waals surface area (Å²) in [5.74, 6) is 0.713. The summed E-state index contributed by atoms with van der Waals surface area (Å²) >= 11 is 5.01. The van der Waals surface area contributed by atoms with Gasteiger partial charge in [-0.15, -0.1) is 0 Å². The van der Waals surface area contributed by atoms with Gasteiger partial charge in [-0.05, 0) is 19.1 Å². The van der Waals surface area contributed by atoms with Crippen LogP contribution in [0.3, 0.4) is 0 Å². The van der Waals surface area contributed by atoms with Crippen molar-refractivity contribution in [3.8, 4) is 5.75 Å². The number of hydrogen-bond acceptors (Lipinski definition) is 5. The number of nitrogens with zero attached hydrogens (tertiary/aromatic N) is 1. The lowest BCUT2D eigenvalue weighted by Crippen LogP contribution is -2.49. The van der Waals surface area contributed by atoms with E-state index in [4.69, 9.17) is 27.4 Å². The molecule has 1 fully saturated rings. The van der Waals surface area contributed by atoms with Crippen molar-refractivity contribution >= 4 is 17.2 Å². The first kappa shape index (κ1) is 16.2. The molecule has 6 heteroatoms. The summed E-state index contributed by atoms with van der Waals surface area (Å²) < 4.78 is 11.4. The van der Waals surface area contributed by atoms with Crippen molar-refractivity contribution in [3.63, 3.8) is 0 Å². The predicted molar refractivity (Wildman–Crippen MR) is 85.7 cm³/mol. The summed E-state index contributed by atoms with van der Waals surface area (Å²) in [7, 11) is 0. The Balaban J connectivity index is 1.85. The van der Waals surface area contributed by atoms with Crippen LogP contribution in [0.25, 0.3) is 0 Å². The monoisotopic (exact) mass is 310 g/mol. The maximum absolute atomic E-state index is 9.22. The predicted octanol–water partition coefficient (Wildman–Crippen LogP) is 0.781. The molecule has 3 N–H and O–H groups in total. The summed E-state index contributed by atoms with van der Waals surface area (Å²) in [5.41, 5.74) is 6.44. The standard InChI is InChI=1S/C15H22N2O3S/c1-11-8-17(9-12(10-18)20-11)6-7-19-14-5-3-2-4-13(14)15(16)21/h2-5,11-12,18H,6-10H2,1H3,(H2,16,21). The van der Waals surface area contributed by atoms with Crippen LogP contribution in [0.5, 0.6) is 5.75 Å². The molecule has 2 atom stereocenters. The fourth-order valence-corrected chi connectivity index (χ4v) is 2.67. The Hall–Kier alpha value is -1.21. The fraction of sp³-hybridized carbons (Fsp3) is 0.533. The zero-order valence-corrected chi connectivity index (χ0v) is 13.0. The quantitative estimate of drug-likeness (QED) is 0.757. The molecular weight excluding hydrogens is 288 g/mol. The molecule has 0 aromatic heterocycles. The van der Waals surface area contributed by atoms with E-state index < -0.39 is 0 Å². The lowest BCUT2D eigenvalue weighted by molar-refractivity contribution is -0.0965. The lowest BCUT2D eigenvalue weighted by atomic mass is 10.2. The van der Waals surface area contributed by atoms with Crippen LogP contribution in [0.2, 0.25) is 0 Å². The highest BCUT2D eigenvalue weighted by Gasteiger charge is 2.24. The van der Waals surface area contributed by atoms with Crippen molar-refractivity contribution in [2.75, 3.05) is 32.8 Å². The summed E-state index contributed by atoms with van der Waals surface area (Å²) in [4.78, 5) is 2.57. The molecule has 1 heterocycles. The highest BCUT2D eigenvalue weighted by molar-refractivity contribution is 7.80. The Morgan fingerprint density at radius 2 is 2.24 bits per heavy atom. The van der Waals surface area contributed by atoms with E-state index in [1.807, 2.05) is 31.2 Å². The van der Waals surface area contributed by atoms with E-state index >= 15 is 0 Å². The van der Waals surface area contributed by atoms with E-state index in [9.17, 15) is 5.11 Å².